The summed E-state index contributed by atoms with van der Waals surface area (Å²) >= 11 is 0. The van der Waals surface area contributed by atoms with Crippen LogP contribution in [0.1, 0.15) is 22.5 Å². The van der Waals surface area contributed by atoms with Crippen molar-refractivity contribution in [2.45, 2.75) is 6.18 Å². The zero-order valence-electron chi connectivity index (χ0n) is 16.0. The first-order valence-corrected chi connectivity index (χ1v) is 9.17. The van der Waals surface area contributed by atoms with Crippen molar-refractivity contribution in [3.63, 3.8) is 0 Å². The lowest BCUT2D eigenvalue weighted by molar-refractivity contribution is -0.137. The van der Waals surface area contributed by atoms with Crippen LogP contribution in [-0.4, -0.2) is 14.5 Å². The summed E-state index contributed by atoms with van der Waals surface area (Å²) in [5.41, 5.74) is 0.957. The number of fused-ring (bicyclic) bond motifs is 1. The van der Waals surface area contributed by atoms with Crippen LogP contribution in [0.3, 0.4) is 0 Å². The molecule has 0 N–H and O–H groups in total. The molecule has 0 aliphatic heterocycles. The van der Waals surface area contributed by atoms with Crippen molar-refractivity contribution in [3.8, 4) is 18.0 Å². The maximum absolute atomic E-state index is 13.2. The maximum atomic E-state index is 13.2. The third-order valence-electron chi connectivity index (χ3n) is 4.62. The molecule has 0 radical (unpaired) electrons. The number of terminal acetylenes is 1. The van der Waals surface area contributed by atoms with E-state index < -0.39 is 11.7 Å². The molecule has 7 heteroatoms. The van der Waals surface area contributed by atoms with Crippen LogP contribution in [0.5, 0.6) is 0 Å². The van der Waals surface area contributed by atoms with Crippen molar-refractivity contribution in [3.05, 3.63) is 99.7 Å². The molecule has 0 amide bonds. The number of rotatable bonds is 3. The number of alkyl halides is 3. The number of hydrogen-bond acceptors (Lipinski definition) is 3. The molecule has 0 aliphatic rings. The predicted molar refractivity (Wildman–Crippen MR) is 113 cm³/mol. The average molecular weight is 417 g/mol. The first-order valence-electron chi connectivity index (χ1n) is 9.17. The van der Waals surface area contributed by atoms with E-state index in [9.17, 15) is 18.0 Å². The third kappa shape index (κ3) is 4.09. The van der Waals surface area contributed by atoms with Crippen molar-refractivity contribution < 1.29 is 13.2 Å². The molecule has 4 rings (SSSR count). The fourth-order valence-electron chi connectivity index (χ4n) is 3.06. The van der Waals surface area contributed by atoms with Gasteiger partial charge in [0, 0.05) is 11.8 Å². The molecule has 0 saturated carbocycles. The predicted octanol–water partition coefficient (Wildman–Crippen LogP) is 4.95. The van der Waals surface area contributed by atoms with Crippen LogP contribution in [0.25, 0.3) is 28.9 Å². The number of pyridine rings is 1. The van der Waals surface area contributed by atoms with Gasteiger partial charge in [-0.2, -0.15) is 13.2 Å². The summed E-state index contributed by atoms with van der Waals surface area (Å²) in [7, 11) is 0. The lowest BCUT2D eigenvalue weighted by atomic mass is 10.1. The van der Waals surface area contributed by atoms with Crippen LogP contribution in [-0.2, 0) is 6.18 Å². The second-order valence-corrected chi connectivity index (χ2v) is 6.63. The van der Waals surface area contributed by atoms with Gasteiger partial charge in [0.15, 0.2) is 5.65 Å². The standard InChI is InChI=1S/C24H14F3N3O/c1-2-16-7-12-19(13-8-16)30-21(29-22-20(23(30)31)4-3-15-28-22)14-9-17-5-10-18(11-6-17)24(25,26)27/h1,3-15H/b14-9+. The van der Waals surface area contributed by atoms with E-state index in [0.29, 0.717) is 22.2 Å². The molecule has 31 heavy (non-hydrogen) atoms. The second kappa shape index (κ2) is 7.92. The number of halogens is 3. The van der Waals surface area contributed by atoms with E-state index in [4.69, 9.17) is 6.42 Å². The van der Waals surface area contributed by atoms with E-state index in [1.165, 1.54) is 22.9 Å². The topological polar surface area (TPSA) is 47.8 Å². The van der Waals surface area contributed by atoms with Gasteiger partial charge in [-0.05, 0) is 60.2 Å². The highest BCUT2D eigenvalue weighted by Gasteiger charge is 2.29. The van der Waals surface area contributed by atoms with E-state index >= 15 is 0 Å². The fourth-order valence-corrected chi connectivity index (χ4v) is 3.06. The van der Waals surface area contributed by atoms with Gasteiger partial charge >= 0.3 is 6.18 Å². The van der Waals surface area contributed by atoms with Crippen molar-refractivity contribution in [1.29, 1.82) is 0 Å². The Hall–Kier alpha value is -4.18. The SMILES string of the molecule is C#Cc1ccc(-n2c(/C=C/c3ccc(C(F)(F)F)cc3)nc3ncccc3c2=O)cc1. The minimum Gasteiger partial charge on any atom is -0.268 e. The maximum Gasteiger partial charge on any atom is 0.416 e. The third-order valence-corrected chi connectivity index (χ3v) is 4.62. The first kappa shape index (κ1) is 20.1. The van der Waals surface area contributed by atoms with Gasteiger partial charge in [-0.15, -0.1) is 6.42 Å². The van der Waals surface area contributed by atoms with Crippen LogP contribution in [0.4, 0.5) is 13.2 Å². The number of benzene rings is 2. The minimum atomic E-state index is -4.40. The molecule has 0 fully saturated rings. The smallest absolute Gasteiger partial charge is 0.268 e. The molecule has 2 aromatic heterocycles. The average Bonchev–Trinajstić information content (AvgIpc) is 2.78. The summed E-state index contributed by atoms with van der Waals surface area (Å²) in [6.07, 6.45) is 5.68. The lowest BCUT2D eigenvalue weighted by Crippen LogP contribution is -2.22. The first-order chi connectivity index (χ1) is 14.9. The molecule has 0 aliphatic carbocycles. The molecule has 0 saturated heterocycles. The Bertz CT molecular complexity index is 1380. The highest BCUT2D eigenvalue weighted by Crippen LogP contribution is 2.29. The largest absolute Gasteiger partial charge is 0.416 e. The van der Waals surface area contributed by atoms with Gasteiger partial charge < -0.3 is 0 Å². The molecule has 0 unspecified atom stereocenters. The zero-order valence-corrected chi connectivity index (χ0v) is 16.0. The van der Waals surface area contributed by atoms with Crippen LogP contribution in [0.2, 0.25) is 0 Å². The van der Waals surface area contributed by atoms with E-state index in [2.05, 4.69) is 15.9 Å². The lowest BCUT2D eigenvalue weighted by Gasteiger charge is -2.11. The molecule has 0 spiro atoms. The number of nitrogens with zero attached hydrogens (tertiary/aromatic N) is 3. The van der Waals surface area contributed by atoms with Gasteiger partial charge in [-0.1, -0.05) is 24.1 Å². The number of hydrogen-bond donors (Lipinski definition) is 0. The fraction of sp³-hybridized carbons (Fsp3) is 0.0417. The molecule has 0 bridgehead atoms. The summed E-state index contributed by atoms with van der Waals surface area (Å²) < 4.78 is 39.7. The van der Waals surface area contributed by atoms with Crippen LogP contribution in [0, 0.1) is 12.3 Å². The van der Waals surface area contributed by atoms with Crippen molar-refractivity contribution in [2.24, 2.45) is 0 Å². The number of aromatic nitrogens is 3. The van der Waals surface area contributed by atoms with E-state index in [-0.39, 0.29) is 17.0 Å². The van der Waals surface area contributed by atoms with Crippen molar-refractivity contribution in [1.82, 2.24) is 14.5 Å². The van der Waals surface area contributed by atoms with Gasteiger partial charge in [0.25, 0.3) is 5.56 Å². The Morgan fingerprint density at radius 1 is 0.968 bits per heavy atom. The molecule has 4 nitrogen and oxygen atoms in total. The van der Waals surface area contributed by atoms with Crippen LogP contribution >= 0.6 is 0 Å². The monoisotopic (exact) mass is 417 g/mol. The van der Waals surface area contributed by atoms with Crippen molar-refractivity contribution in [2.75, 3.05) is 0 Å². The van der Waals surface area contributed by atoms with E-state index in [1.807, 2.05) is 0 Å². The summed E-state index contributed by atoms with van der Waals surface area (Å²) in [5, 5.41) is 0.343. The minimum absolute atomic E-state index is 0.274. The molecular formula is C24H14F3N3O. The van der Waals surface area contributed by atoms with Gasteiger partial charge in [0.2, 0.25) is 0 Å². The summed E-state index contributed by atoms with van der Waals surface area (Å²) in [6.45, 7) is 0. The normalized spacial score (nSPS) is 11.7. The second-order valence-electron chi connectivity index (χ2n) is 6.63. The highest BCUT2D eigenvalue weighted by atomic mass is 19.4. The molecule has 0 atom stereocenters. The Morgan fingerprint density at radius 3 is 2.32 bits per heavy atom. The Morgan fingerprint density at radius 2 is 1.68 bits per heavy atom. The Labute approximate surface area is 175 Å². The summed E-state index contributed by atoms with van der Waals surface area (Å²) in [6, 6.07) is 14.8. The summed E-state index contributed by atoms with van der Waals surface area (Å²) in [4.78, 5) is 21.8. The van der Waals surface area contributed by atoms with Crippen molar-refractivity contribution >= 4 is 23.2 Å². The molecular weight excluding hydrogens is 403 g/mol. The molecule has 2 aromatic carbocycles. The van der Waals surface area contributed by atoms with E-state index in [0.717, 1.165) is 12.1 Å². The summed E-state index contributed by atoms with van der Waals surface area (Å²) in [5.74, 6) is 2.80. The zero-order chi connectivity index (χ0) is 22.0. The van der Waals surface area contributed by atoms with Gasteiger partial charge in [-0.25, -0.2) is 9.97 Å². The quantitative estimate of drug-likeness (QED) is 0.443. The Balaban J connectivity index is 1.83. The van der Waals surface area contributed by atoms with Crippen LogP contribution < -0.4 is 5.56 Å². The van der Waals surface area contributed by atoms with Gasteiger partial charge in [-0.3, -0.25) is 9.36 Å². The van der Waals surface area contributed by atoms with Gasteiger partial charge in [0.05, 0.1) is 16.6 Å². The molecule has 152 valence electrons. The highest BCUT2D eigenvalue weighted by molar-refractivity contribution is 5.76. The molecule has 4 aromatic rings. The van der Waals surface area contributed by atoms with Crippen LogP contribution in [0.15, 0.2) is 71.7 Å². The van der Waals surface area contributed by atoms with E-state index in [1.54, 1.807) is 48.6 Å². The Kier molecular flexibility index (Phi) is 5.14. The van der Waals surface area contributed by atoms with Gasteiger partial charge in [0.1, 0.15) is 5.82 Å². The molecule has 2 heterocycles.